The van der Waals surface area contributed by atoms with Crippen LogP contribution in [0, 0.1) is 12.3 Å². The van der Waals surface area contributed by atoms with Crippen LogP contribution in [0.25, 0.3) is 0 Å². The number of halogens is 1. The number of hydrogen-bond donors (Lipinski definition) is 2. The summed E-state index contributed by atoms with van der Waals surface area (Å²) in [5.74, 6) is -1.40. The van der Waals surface area contributed by atoms with Gasteiger partial charge in [0.25, 0.3) is 5.91 Å². The molecule has 1 aliphatic carbocycles. The maximum atomic E-state index is 13.5. The minimum absolute atomic E-state index is 0.0331. The number of nitrogens with one attached hydrogen (secondary N) is 1. The zero-order chi connectivity index (χ0) is 27.6. The minimum Gasteiger partial charge on any atom is -0.483 e. The Morgan fingerprint density at radius 1 is 1.16 bits per heavy atom. The lowest BCUT2D eigenvalue weighted by Crippen LogP contribution is -2.36. The summed E-state index contributed by atoms with van der Waals surface area (Å²) in [5, 5.41) is 2.80. The number of hydrogen-bond acceptors (Lipinski definition) is 7. The Bertz CT molecular complexity index is 1340. The first-order valence-electron chi connectivity index (χ1n) is 12.4. The van der Waals surface area contributed by atoms with Crippen molar-refractivity contribution in [1.82, 2.24) is 0 Å². The van der Waals surface area contributed by atoms with Crippen molar-refractivity contribution < 1.29 is 28.6 Å². The van der Waals surface area contributed by atoms with Crippen LogP contribution in [0.15, 0.2) is 69.7 Å². The van der Waals surface area contributed by atoms with Gasteiger partial charge in [-0.2, -0.15) is 0 Å². The molecule has 1 amide bonds. The molecule has 2 aromatic rings. The number of nitrogens with two attached hydrogens (primary N) is 1. The summed E-state index contributed by atoms with van der Waals surface area (Å²) >= 11 is 3.49. The van der Waals surface area contributed by atoms with E-state index in [9.17, 15) is 14.4 Å². The number of aryl methyl sites for hydroxylation is 1. The average Bonchev–Trinajstić information content (AvgIpc) is 2.83. The molecule has 1 heterocycles. The second-order valence-electron chi connectivity index (χ2n) is 10.2. The van der Waals surface area contributed by atoms with Crippen molar-refractivity contribution in [2.24, 2.45) is 11.1 Å². The predicted molar refractivity (Wildman–Crippen MR) is 146 cm³/mol. The van der Waals surface area contributed by atoms with Crippen molar-refractivity contribution in [1.29, 1.82) is 0 Å². The lowest BCUT2D eigenvalue weighted by atomic mass is 9.70. The molecule has 8 nitrogen and oxygen atoms in total. The molecule has 0 bridgehead atoms. The molecule has 38 heavy (non-hydrogen) atoms. The summed E-state index contributed by atoms with van der Waals surface area (Å²) in [7, 11) is 0. The number of anilines is 1. The van der Waals surface area contributed by atoms with E-state index in [1.165, 1.54) is 0 Å². The van der Waals surface area contributed by atoms with Crippen LogP contribution < -0.4 is 15.8 Å². The van der Waals surface area contributed by atoms with Gasteiger partial charge in [0.05, 0.1) is 12.5 Å². The second-order valence-corrected chi connectivity index (χ2v) is 11.1. The van der Waals surface area contributed by atoms with Crippen molar-refractivity contribution in [3.63, 3.8) is 0 Å². The number of carbonyl (C=O) groups is 3. The average molecular weight is 583 g/mol. The van der Waals surface area contributed by atoms with Gasteiger partial charge in [-0.15, -0.1) is 0 Å². The van der Waals surface area contributed by atoms with Gasteiger partial charge >= 0.3 is 5.97 Å². The maximum Gasteiger partial charge on any atom is 0.340 e. The fourth-order valence-electron chi connectivity index (χ4n) is 4.76. The molecule has 3 N–H and O–H groups in total. The Morgan fingerprint density at radius 3 is 2.55 bits per heavy atom. The SMILES string of the molecule is CCOC(=O)C1=C(N)OC2=C(C(=O)CC(C)(C)C2)C1c1cc(Br)ccc1OCC(=O)Nc1ccc(C)cc1. The molecule has 2 aliphatic rings. The molecular weight excluding hydrogens is 552 g/mol. The van der Waals surface area contributed by atoms with E-state index in [-0.39, 0.29) is 48.2 Å². The van der Waals surface area contributed by atoms with Crippen LogP contribution in [0.2, 0.25) is 0 Å². The summed E-state index contributed by atoms with van der Waals surface area (Å²) in [6.07, 6.45) is 0.759. The molecule has 0 fully saturated rings. The van der Waals surface area contributed by atoms with E-state index in [4.69, 9.17) is 19.9 Å². The highest BCUT2D eigenvalue weighted by Gasteiger charge is 2.46. The lowest BCUT2D eigenvalue weighted by Gasteiger charge is -2.38. The second kappa shape index (κ2) is 11.0. The van der Waals surface area contributed by atoms with E-state index in [1.54, 1.807) is 25.1 Å². The molecule has 1 atom stereocenters. The molecule has 200 valence electrons. The molecular formula is C29H31BrN2O6. The lowest BCUT2D eigenvalue weighted by molar-refractivity contribution is -0.139. The normalized spacial score (nSPS) is 18.4. The third kappa shape index (κ3) is 5.93. The van der Waals surface area contributed by atoms with Gasteiger partial charge in [0.1, 0.15) is 17.1 Å². The van der Waals surface area contributed by atoms with Crippen molar-refractivity contribution in [3.05, 3.63) is 80.9 Å². The molecule has 9 heteroatoms. The number of Topliss-reactive ketones (excluding diaryl/α,β-unsaturated/α-hetero) is 1. The van der Waals surface area contributed by atoms with E-state index >= 15 is 0 Å². The molecule has 2 aromatic carbocycles. The molecule has 0 saturated heterocycles. The summed E-state index contributed by atoms with van der Waals surface area (Å²) < 4.78 is 17.8. The van der Waals surface area contributed by atoms with Gasteiger partial charge in [-0.3, -0.25) is 9.59 Å². The number of amides is 1. The van der Waals surface area contributed by atoms with Gasteiger partial charge in [-0.25, -0.2) is 4.79 Å². The van der Waals surface area contributed by atoms with Gasteiger partial charge in [-0.05, 0) is 49.6 Å². The first-order valence-corrected chi connectivity index (χ1v) is 13.2. The van der Waals surface area contributed by atoms with E-state index in [0.717, 1.165) is 5.56 Å². The summed E-state index contributed by atoms with van der Waals surface area (Å²) in [6, 6.07) is 12.6. The van der Waals surface area contributed by atoms with Crippen molar-refractivity contribution in [3.8, 4) is 5.75 Å². The van der Waals surface area contributed by atoms with Crippen molar-refractivity contribution >= 4 is 39.3 Å². The van der Waals surface area contributed by atoms with E-state index in [2.05, 4.69) is 21.2 Å². The Labute approximate surface area is 230 Å². The zero-order valence-corrected chi connectivity index (χ0v) is 23.4. The number of allylic oxidation sites excluding steroid dienone is 2. The topological polar surface area (TPSA) is 117 Å². The largest absolute Gasteiger partial charge is 0.483 e. The van der Waals surface area contributed by atoms with E-state index in [1.807, 2.05) is 45.0 Å². The number of carbonyl (C=O) groups excluding carboxylic acids is 3. The van der Waals surface area contributed by atoms with E-state index in [0.29, 0.717) is 39.2 Å². The number of ether oxygens (including phenoxy) is 3. The van der Waals surface area contributed by atoms with Crippen LogP contribution >= 0.6 is 15.9 Å². The first kappa shape index (κ1) is 27.4. The van der Waals surface area contributed by atoms with Gasteiger partial charge in [-0.1, -0.05) is 47.5 Å². The Morgan fingerprint density at radius 2 is 1.87 bits per heavy atom. The van der Waals surface area contributed by atoms with Gasteiger partial charge in [0.2, 0.25) is 5.88 Å². The quantitative estimate of drug-likeness (QED) is 0.427. The molecule has 0 saturated carbocycles. The third-order valence-electron chi connectivity index (χ3n) is 6.43. The summed E-state index contributed by atoms with van der Waals surface area (Å²) in [4.78, 5) is 39.2. The number of ketones is 1. The Kier molecular flexibility index (Phi) is 7.97. The molecule has 0 spiro atoms. The highest BCUT2D eigenvalue weighted by molar-refractivity contribution is 9.10. The molecule has 4 rings (SSSR count). The number of rotatable bonds is 7. The summed E-state index contributed by atoms with van der Waals surface area (Å²) in [5.41, 5.74) is 8.57. The third-order valence-corrected chi connectivity index (χ3v) is 6.92. The minimum atomic E-state index is -0.881. The molecule has 0 radical (unpaired) electrons. The van der Waals surface area contributed by atoms with Gasteiger partial charge in [0, 0.05) is 34.1 Å². The first-order chi connectivity index (χ1) is 18.0. The maximum absolute atomic E-state index is 13.5. The zero-order valence-electron chi connectivity index (χ0n) is 21.9. The molecule has 0 aromatic heterocycles. The monoisotopic (exact) mass is 582 g/mol. The van der Waals surface area contributed by atoms with E-state index < -0.39 is 11.9 Å². The number of benzene rings is 2. The Hall–Kier alpha value is -3.59. The summed E-state index contributed by atoms with van der Waals surface area (Å²) in [6.45, 7) is 7.45. The van der Waals surface area contributed by atoms with Crippen LogP contribution in [0.1, 0.15) is 50.7 Å². The van der Waals surface area contributed by atoms with Crippen LogP contribution in [0.5, 0.6) is 5.75 Å². The Balaban J connectivity index is 1.72. The van der Waals surface area contributed by atoms with Crippen molar-refractivity contribution in [2.75, 3.05) is 18.5 Å². The molecule has 1 unspecified atom stereocenters. The molecule has 1 aliphatic heterocycles. The fraction of sp³-hybridized carbons (Fsp3) is 0.345. The highest BCUT2D eigenvalue weighted by atomic mass is 79.9. The van der Waals surface area contributed by atoms with Crippen LogP contribution in [-0.2, 0) is 23.9 Å². The van der Waals surface area contributed by atoms with Crippen molar-refractivity contribution in [2.45, 2.75) is 46.5 Å². The number of esters is 1. The highest BCUT2D eigenvalue weighted by Crippen LogP contribution is 2.50. The van der Waals surface area contributed by atoms with Crippen LogP contribution in [0.4, 0.5) is 5.69 Å². The van der Waals surface area contributed by atoms with Gasteiger partial charge in [0.15, 0.2) is 12.4 Å². The smallest absolute Gasteiger partial charge is 0.340 e. The van der Waals surface area contributed by atoms with Gasteiger partial charge < -0.3 is 25.3 Å². The van der Waals surface area contributed by atoms with Crippen LogP contribution in [-0.4, -0.2) is 30.9 Å². The predicted octanol–water partition coefficient (Wildman–Crippen LogP) is 5.27. The fourth-order valence-corrected chi connectivity index (χ4v) is 5.14. The standard InChI is InChI=1S/C29H31BrN2O6/c1-5-36-28(35)26-24(25-20(33)13-29(3,4)14-22(25)38-27(26)31)19-12-17(30)8-11-21(19)37-15-23(34)32-18-9-6-16(2)7-10-18/h6-12,24H,5,13-15,31H2,1-4H3,(H,32,34). The van der Waals surface area contributed by atoms with Crippen LogP contribution in [0.3, 0.4) is 0 Å².